The lowest BCUT2D eigenvalue weighted by atomic mass is 10.0. The molecule has 2 saturated heterocycles. The lowest BCUT2D eigenvalue weighted by Gasteiger charge is -2.41. The van der Waals surface area contributed by atoms with Crippen molar-refractivity contribution in [2.75, 3.05) is 31.9 Å². The van der Waals surface area contributed by atoms with Gasteiger partial charge in [-0.3, -0.25) is 4.79 Å². The fourth-order valence-electron chi connectivity index (χ4n) is 2.63. The van der Waals surface area contributed by atoms with Crippen LogP contribution in [0.2, 0.25) is 0 Å². The Kier molecular flexibility index (Phi) is 4.52. The minimum absolute atomic E-state index is 0.222. The van der Waals surface area contributed by atoms with Crippen LogP contribution in [0.1, 0.15) is 27.2 Å². The van der Waals surface area contributed by atoms with Crippen LogP contribution in [0.15, 0.2) is 0 Å². The van der Waals surface area contributed by atoms with Crippen molar-refractivity contribution in [2.45, 2.75) is 32.8 Å². The summed E-state index contributed by atoms with van der Waals surface area (Å²) < 4.78 is 5.31. The van der Waals surface area contributed by atoms with Gasteiger partial charge in [0.2, 0.25) is 5.91 Å². The summed E-state index contributed by atoms with van der Waals surface area (Å²) >= 11 is 4.26. The second-order valence-corrected chi connectivity index (χ2v) is 7.17. The SMILES string of the molecule is CC(C)(C)OC(=O)N1CC(CN2CC(CS)CC2=O)C1. The van der Waals surface area contributed by atoms with Crippen LogP contribution in [0.5, 0.6) is 0 Å². The van der Waals surface area contributed by atoms with Crippen LogP contribution in [0, 0.1) is 11.8 Å². The Morgan fingerprint density at radius 2 is 1.95 bits per heavy atom. The van der Waals surface area contributed by atoms with Gasteiger partial charge in [-0.05, 0) is 32.4 Å². The molecular formula is C14H24N2O3S. The van der Waals surface area contributed by atoms with E-state index in [4.69, 9.17) is 4.74 Å². The molecule has 2 amide bonds. The molecule has 1 unspecified atom stereocenters. The zero-order valence-corrected chi connectivity index (χ0v) is 13.4. The molecule has 0 aromatic carbocycles. The van der Waals surface area contributed by atoms with E-state index in [0.29, 0.717) is 31.3 Å². The van der Waals surface area contributed by atoms with Gasteiger partial charge in [0.1, 0.15) is 5.60 Å². The van der Waals surface area contributed by atoms with E-state index >= 15 is 0 Å². The normalized spacial score (nSPS) is 24.0. The molecule has 114 valence electrons. The predicted octanol–water partition coefficient (Wildman–Crippen LogP) is 1.63. The van der Waals surface area contributed by atoms with Crippen molar-refractivity contribution in [3.63, 3.8) is 0 Å². The molecule has 1 atom stereocenters. The van der Waals surface area contributed by atoms with E-state index < -0.39 is 5.60 Å². The summed E-state index contributed by atoms with van der Waals surface area (Å²) in [5.74, 6) is 1.74. The first-order chi connectivity index (χ1) is 9.28. The average molecular weight is 300 g/mol. The molecule has 2 aliphatic heterocycles. The number of hydrogen-bond donors (Lipinski definition) is 1. The first-order valence-electron chi connectivity index (χ1n) is 7.15. The first-order valence-corrected chi connectivity index (χ1v) is 7.78. The average Bonchev–Trinajstić information content (AvgIpc) is 2.61. The third-order valence-electron chi connectivity index (χ3n) is 3.64. The Morgan fingerprint density at radius 1 is 1.30 bits per heavy atom. The molecular weight excluding hydrogens is 276 g/mol. The van der Waals surface area contributed by atoms with Crippen LogP contribution in [0.4, 0.5) is 4.79 Å². The minimum atomic E-state index is -0.452. The molecule has 2 heterocycles. The lowest BCUT2D eigenvalue weighted by Crippen LogP contribution is -2.55. The van der Waals surface area contributed by atoms with E-state index in [1.165, 1.54) is 0 Å². The van der Waals surface area contributed by atoms with Gasteiger partial charge in [0, 0.05) is 38.5 Å². The highest BCUT2D eigenvalue weighted by molar-refractivity contribution is 7.80. The Balaban J connectivity index is 1.72. The van der Waals surface area contributed by atoms with E-state index in [1.54, 1.807) is 4.90 Å². The molecule has 20 heavy (non-hydrogen) atoms. The van der Waals surface area contributed by atoms with Crippen LogP contribution >= 0.6 is 12.6 Å². The zero-order chi connectivity index (χ0) is 14.9. The highest BCUT2D eigenvalue weighted by Crippen LogP contribution is 2.24. The summed E-state index contributed by atoms with van der Waals surface area (Å²) in [6.07, 6.45) is 0.362. The van der Waals surface area contributed by atoms with Crippen LogP contribution in [0.25, 0.3) is 0 Å². The van der Waals surface area contributed by atoms with Gasteiger partial charge in [0.25, 0.3) is 0 Å². The third-order valence-corrected chi connectivity index (χ3v) is 4.16. The maximum absolute atomic E-state index is 11.8. The van der Waals surface area contributed by atoms with Crippen molar-refractivity contribution >= 4 is 24.6 Å². The molecule has 0 saturated carbocycles. The summed E-state index contributed by atoms with van der Waals surface area (Å²) in [7, 11) is 0. The Morgan fingerprint density at radius 3 is 2.45 bits per heavy atom. The quantitative estimate of drug-likeness (QED) is 0.806. The third kappa shape index (κ3) is 3.81. The van der Waals surface area contributed by atoms with Crippen molar-refractivity contribution in [2.24, 2.45) is 11.8 Å². The lowest BCUT2D eigenvalue weighted by molar-refractivity contribution is -0.128. The van der Waals surface area contributed by atoms with E-state index in [2.05, 4.69) is 12.6 Å². The molecule has 0 aromatic heterocycles. The number of nitrogens with zero attached hydrogens (tertiary/aromatic N) is 2. The minimum Gasteiger partial charge on any atom is -0.444 e. The molecule has 0 N–H and O–H groups in total. The van der Waals surface area contributed by atoms with Crippen LogP contribution < -0.4 is 0 Å². The van der Waals surface area contributed by atoms with Crippen molar-refractivity contribution in [1.82, 2.24) is 9.80 Å². The van der Waals surface area contributed by atoms with Gasteiger partial charge in [-0.1, -0.05) is 0 Å². The maximum Gasteiger partial charge on any atom is 0.410 e. The van der Waals surface area contributed by atoms with Crippen LogP contribution in [-0.2, 0) is 9.53 Å². The molecule has 2 fully saturated rings. The van der Waals surface area contributed by atoms with Crippen LogP contribution in [0.3, 0.4) is 0 Å². The smallest absolute Gasteiger partial charge is 0.410 e. The maximum atomic E-state index is 11.8. The second kappa shape index (κ2) is 5.84. The van der Waals surface area contributed by atoms with E-state index in [9.17, 15) is 9.59 Å². The topological polar surface area (TPSA) is 49.9 Å². The predicted molar refractivity (Wildman–Crippen MR) is 79.8 cm³/mol. The largest absolute Gasteiger partial charge is 0.444 e. The Labute approximate surface area is 126 Å². The summed E-state index contributed by atoms with van der Waals surface area (Å²) in [6.45, 7) is 8.52. The Bertz CT molecular complexity index is 388. The zero-order valence-electron chi connectivity index (χ0n) is 12.5. The number of carbonyl (C=O) groups excluding carboxylic acids is 2. The van der Waals surface area contributed by atoms with E-state index in [-0.39, 0.29) is 12.0 Å². The molecule has 2 rings (SSSR count). The van der Waals surface area contributed by atoms with Gasteiger partial charge in [-0.25, -0.2) is 4.79 Å². The van der Waals surface area contributed by atoms with E-state index in [1.807, 2.05) is 25.7 Å². The highest BCUT2D eigenvalue weighted by Gasteiger charge is 2.37. The van der Waals surface area contributed by atoms with E-state index in [0.717, 1.165) is 18.8 Å². The van der Waals surface area contributed by atoms with Crippen molar-refractivity contribution < 1.29 is 14.3 Å². The van der Waals surface area contributed by atoms with Gasteiger partial charge in [0.15, 0.2) is 0 Å². The number of thiol groups is 1. The molecule has 6 heteroatoms. The van der Waals surface area contributed by atoms with Crippen molar-refractivity contribution in [3.05, 3.63) is 0 Å². The second-order valence-electron chi connectivity index (χ2n) is 6.80. The van der Waals surface area contributed by atoms with Crippen LogP contribution in [-0.4, -0.2) is 59.3 Å². The Hall–Kier alpha value is -0.910. The number of carbonyl (C=O) groups is 2. The standard InChI is InChI=1S/C14H24N2O3S/c1-14(2,3)19-13(18)16-7-11(8-16)6-15-5-10(9-20)4-12(15)17/h10-11,20H,4-9H2,1-3H3. The molecule has 0 aromatic rings. The number of rotatable bonds is 3. The summed E-state index contributed by atoms with van der Waals surface area (Å²) in [5.41, 5.74) is -0.452. The molecule has 0 radical (unpaired) electrons. The molecule has 2 aliphatic rings. The van der Waals surface area contributed by atoms with Gasteiger partial charge in [-0.15, -0.1) is 0 Å². The number of hydrogen-bond acceptors (Lipinski definition) is 4. The summed E-state index contributed by atoms with van der Waals surface area (Å²) in [6, 6.07) is 0. The van der Waals surface area contributed by atoms with Gasteiger partial charge < -0.3 is 14.5 Å². The fourth-order valence-corrected chi connectivity index (χ4v) is 2.87. The highest BCUT2D eigenvalue weighted by atomic mass is 32.1. The fraction of sp³-hybridized carbons (Fsp3) is 0.857. The number of amides is 2. The van der Waals surface area contributed by atoms with Crippen molar-refractivity contribution in [1.29, 1.82) is 0 Å². The van der Waals surface area contributed by atoms with Crippen molar-refractivity contribution in [3.8, 4) is 0 Å². The summed E-state index contributed by atoms with van der Waals surface area (Å²) in [4.78, 5) is 27.2. The summed E-state index contributed by atoms with van der Waals surface area (Å²) in [5, 5.41) is 0. The van der Waals surface area contributed by atoms with Gasteiger partial charge >= 0.3 is 6.09 Å². The van der Waals surface area contributed by atoms with Gasteiger partial charge in [-0.2, -0.15) is 12.6 Å². The first kappa shape index (κ1) is 15.5. The number of likely N-dealkylation sites (tertiary alicyclic amines) is 2. The van der Waals surface area contributed by atoms with Gasteiger partial charge in [0.05, 0.1) is 0 Å². The molecule has 5 nitrogen and oxygen atoms in total. The molecule has 0 bridgehead atoms. The monoisotopic (exact) mass is 300 g/mol. The molecule has 0 aliphatic carbocycles. The number of ether oxygens (including phenoxy) is 1. The molecule has 0 spiro atoms.